The van der Waals surface area contributed by atoms with Crippen LogP contribution in [0.15, 0.2) is 24.3 Å². The van der Waals surface area contributed by atoms with Crippen LogP contribution in [-0.2, 0) is 6.54 Å². The molecule has 0 bridgehead atoms. The molecule has 2 N–H and O–H groups in total. The maximum absolute atomic E-state index is 5.67. The summed E-state index contributed by atoms with van der Waals surface area (Å²) in [5.41, 5.74) is 8.26. The van der Waals surface area contributed by atoms with Crippen molar-refractivity contribution in [2.24, 2.45) is 11.7 Å². The number of nitrogens with zero attached hydrogens (tertiary/aromatic N) is 1. The smallest absolute Gasteiger partial charge is 0.0369 e. The van der Waals surface area contributed by atoms with Gasteiger partial charge >= 0.3 is 0 Å². The molecule has 0 saturated carbocycles. The molecule has 1 saturated heterocycles. The lowest BCUT2D eigenvalue weighted by Crippen LogP contribution is -2.19. The van der Waals surface area contributed by atoms with Crippen molar-refractivity contribution in [2.45, 2.75) is 32.7 Å². The second-order valence-corrected chi connectivity index (χ2v) is 4.76. The minimum atomic E-state index is 0.639. The predicted octanol–water partition coefficient (Wildman–Crippen LogP) is 2.77. The zero-order chi connectivity index (χ0) is 11.4. The highest BCUT2D eigenvalue weighted by Gasteiger charge is 2.21. The molecule has 1 aromatic rings. The predicted molar refractivity (Wildman–Crippen MR) is 69.6 cm³/mol. The van der Waals surface area contributed by atoms with Gasteiger partial charge in [0.05, 0.1) is 0 Å². The highest BCUT2D eigenvalue weighted by molar-refractivity contribution is 5.49. The first-order valence-corrected chi connectivity index (χ1v) is 6.37. The Balaban J connectivity index is 2.02. The molecule has 16 heavy (non-hydrogen) atoms. The van der Waals surface area contributed by atoms with Crippen LogP contribution in [0.2, 0.25) is 0 Å². The number of benzene rings is 1. The van der Waals surface area contributed by atoms with Crippen molar-refractivity contribution >= 4 is 5.69 Å². The maximum Gasteiger partial charge on any atom is 0.0369 e. The standard InChI is InChI=1S/C14H22N2/c1-2-4-12-7-8-16(11-12)14-6-3-5-13(9-14)10-15/h3,5-6,9,12H,2,4,7-8,10-11,15H2,1H3. The van der Waals surface area contributed by atoms with Gasteiger partial charge < -0.3 is 10.6 Å². The van der Waals surface area contributed by atoms with E-state index >= 15 is 0 Å². The molecule has 2 nitrogen and oxygen atoms in total. The topological polar surface area (TPSA) is 29.3 Å². The van der Waals surface area contributed by atoms with E-state index in [-0.39, 0.29) is 0 Å². The van der Waals surface area contributed by atoms with Gasteiger partial charge in [-0.15, -0.1) is 0 Å². The van der Waals surface area contributed by atoms with E-state index in [1.54, 1.807) is 0 Å². The lowest BCUT2D eigenvalue weighted by molar-refractivity contribution is 0.530. The Bertz CT molecular complexity index is 335. The number of anilines is 1. The van der Waals surface area contributed by atoms with E-state index in [1.807, 2.05) is 0 Å². The molecule has 1 atom stereocenters. The van der Waals surface area contributed by atoms with Crippen LogP contribution in [0.4, 0.5) is 5.69 Å². The molecule has 0 radical (unpaired) electrons. The molecule has 0 spiro atoms. The van der Waals surface area contributed by atoms with Crippen LogP contribution in [0.25, 0.3) is 0 Å². The Morgan fingerprint density at radius 3 is 3.06 bits per heavy atom. The summed E-state index contributed by atoms with van der Waals surface area (Å²) in [7, 11) is 0. The van der Waals surface area contributed by atoms with E-state index in [1.165, 1.54) is 43.6 Å². The van der Waals surface area contributed by atoms with Crippen LogP contribution in [0.5, 0.6) is 0 Å². The summed E-state index contributed by atoms with van der Waals surface area (Å²) < 4.78 is 0. The van der Waals surface area contributed by atoms with Crippen LogP contribution in [0.3, 0.4) is 0 Å². The van der Waals surface area contributed by atoms with Gasteiger partial charge in [0.1, 0.15) is 0 Å². The molecule has 1 fully saturated rings. The van der Waals surface area contributed by atoms with Crippen molar-refractivity contribution in [3.8, 4) is 0 Å². The van der Waals surface area contributed by atoms with Gasteiger partial charge in [0.25, 0.3) is 0 Å². The second-order valence-electron chi connectivity index (χ2n) is 4.76. The molecule has 1 aliphatic rings. The Labute approximate surface area is 98.4 Å². The molecular formula is C14H22N2. The van der Waals surface area contributed by atoms with Gasteiger partial charge in [-0.2, -0.15) is 0 Å². The maximum atomic E-state index is 5.67. The minimum absolute atomic E-state index is 0.639. The first-order valence-electron chi connectivity index (χ1n) is 6.37. The van der Waals surface area contributed by atoms with Gasteiger partial charge in [-0.25, -0.2) is 0 Å². The first kappa shape index (κ1) is 11.5. The van der Waals surface area contributed by atoms with Crippen molar-refractivity contribution < 1.29 is 0 Å². The van der Waals surface area contributed by atoms with Gasteiger partial charge in [-0.05, 0) is 36.5 Å². The molecule has 2 heteroatoms. The van der Waals surface area contributed by atoms with Gasteiger partial charge in [-0.1, -0.05) is 25.5 Å². The SMILES string of the molecule is CCCC1CCN(c2cccc(CN)c2)C1. The highest BCUT2D eigenvalue weighted by Crippen LogP contribution is 2.26. The van der Waals surface area contributed by atoms with Gasteiger partial charge in [-0.3, -0.25) is 0 Å². The van der Waals surface area contributed by atoms with Gasteiger partial charge in [0.2, 0.25) is 0 Å². The van der Waals surface area contributed by atoms with E-state index in [9.17, 15) is 0 Å². The molecule has 1 heterocycles. The summed E-state index contributed by atoms with van der Waals surface area (Å²) in [6, 6.07) is 8.65. The summed E-state index contributed by atoms with van der Waals surface area (Å²) in [5, 5.41) is 0. The third-order valence-electron chi connectivity index (χ3n) is 3.49. The molecule has 1 unspecified atom stereocenters. The fraction of sp³-hybridized carbons (Fsp3) is 0.571. The van der Waals surface area contributed by atoms with Crippen molar-refractivity contribution in [3.05, 3.63) is 29.8 Å². The van der Waals surface area contributed by atoms with Gasteiger partial charge in [0, 0.05) is 25.3 Å². The van der Waals surface area contributed by atoms with Crippen molar-refractivity contribution in [1.29, 1.82) is 0 Å². The molecular weight excluding hydrogens is 196 g/mol. The Kier molecular flexibility index (Phi) is 3.83. The average molecular weight is 218 g/mol. The highest BCUT2D eigenvalue weighted by atomic mass is 15.1. The number of nitrogens with two attached hydrogens (primary N) is 1. The van der Waals surface area contributed by atoms with Crippen molar-refractivity contribution in [2.75, 3.05) is 18.0 Å². The third-order valence-corrected chi connectivity index (χ3v) is 3.49. The monoisotopic (exact) mass is 218 g/mol. The zero-order valence-corrected chi connectivity index (χ0v) is 10.2. The van der Waals surface area contributed by atoms with Crippen molar-refractivity contribution in [1.82, 2.24) is 0 Å². The molecule has 0 aliphatic carbocycles. The number of hydrogen-bond acceptors (Lipinski definition) is 2. The summed E-state index contributed by atoms with van der Waals surface area (Å²) in [6.07, 6.45) is 4.02. The molecule has 2 rings (SSSR count). The lowest BCUT2D eigenvalue weighted by atomic mass is 10.0. The van der Waals surface area contributed by atoms with E-state index < -0.39 is 0 Å². The second kappa shape index (κ2) is 5.35. The quantitative estimate of drug-likeness (QED) is 0.842. The number of hydrogen-bond donors (Lipinski definition) is 1. The van der Waals surface area contributed by atoms with Crippen LogP contribution in [0, 0.1) is 5.92 Å². The van der Waals surface area contributed by atoms with Crippen LogP contribution >= 0.6 is 0 Å². The Morgan fingerprint density at radius 1 is 1.44 bits per heavy atom. The molecule has 0 amide bonds. The molecule has 1 aromatic carbocycles. The largest absolute Gasteiger partial charge is 0.371 e. The Hall–Kier alpha value is -1.02. The third kappa shape index (κ3) is 2.56. The van der Waals surface area contributed by atoms with Crippen molar-refractivity contribution in [3.63, 3.8) is 0 Å². The van der Waals surface area contributed by atoms with Crippen LogP contribution in [-0.4, -0.2) is 13.1 Å². The minimum Gasteiger partial charge on any atom is -0.371 e. The number of rotatable bonds is 4. The Morgan fingerprint density at radius 2 is 2.31 bits per heavy atom. The fourth-order valence-corrected chi connectivity index (χ4v) is 2.59. The normalized spacial score (nSPS) is 20.4. The molecule has 1 aliphatic heterocycles. The van der Waals surface area contributed by atoms with Gasteiger partial charge in [0.15, 0.2) is 0 Å². The summed E-state index contributed by atoms with van der Waals surface area (Å²) >= 11 is 0. The van der Waals surface area contributed by atoms with E-state index in [0.29, 0.717) is 6.54 Å². The summed E-state index contributed by atoms with van der Waals surface area (Å²) in [5.74, 6) is 0.895. The van der Waals surface area contributed by atoms with Crippen LogP contribution in [0.1, 0.15) is 31.7 Å². The molecule has 88 valence electrons. The van der Waals surface area contributed by atoms with E-state index in [4.69, 9.17) is 5.73 Å². The summed E-state index contributed by atoms with van der Waals surface area (Å²) in [4.78, 5) is 2.50. The first-order chi connectivity index (χ1) is 7.83. The van der Waals surface area contributed by atoms with Crippen LogP contribution < -0.4 is 10.6 Å². The van der Waals surface area contributed by atoms with E-state index in [2.05, 4.69) is 36.1 Å². The lowest BCUT2D eigenvalue weighted by Gasteiger charge is -2.19. The van der Waals surface area contributed by atoms with E-state index in [0.717, 1.165) is 5.92 Å². The molecule has 0 aromatic heterocycles. The zero-order valence-electron chi connectivity index (χ0n) is 10.2. The summed E-state index contributed by atoms with van der Waals surface area (Å²) in [6.45, 7) is 5.35. The fourth-order valence-electron chi connectivity index (χ4n) is 2.59. The average Bonchev–Trinajstić information content (AvgIpc) is 2.78.